The number of aromatic nitrogens is 1. The molecule has 1 heterocycles. The highest BCUT2D eigenvalue weighted by atomic mass is 14.6. The third-order valence-electron chi connectivity index (χ3n) is 1.60. The molecule has 1 nitrogen and oxygen atoms in total. The summed E-state index contributed by atoms with van der Waals surface area (Å²) in [7, 11) is 2.00. The molecular weight excluding hydrogens is 120 g/mol. The Morgan fingerprint density at radius 3 is 2.50 bits per heavy atom. The molecule has 0 aliphatic carbocycles. The first kappa shape index (κ1) is 7.39. The van der Waals surface area contributed by atoms with E-state index in [0.29, 0.717) is 6.71 Å². The number of hydrogen-bond acceptors (Lipinski definition) is 1. The predicted octanol–water partition coefficient (Wildman–Crippen LogP) is -0.699. The first-order valence-electron chi connectivity index (χ1n) is 3.62. The van der Waals surface area contributed by atoms with Gasteiger partial charge in [-0.25, -0.2) is 0 Å². The van der Waals surface area contributed by atoms with Gasteiger partial charge in [0.2, 0.25) is 0 Å². The highest BCUT2D eigenvalue weighted by molar-refractivity contribution is 6.70. The summed E-state index contributed by atoms with van der Waals surface area (Å²) in [6.45, 7) is 4.94. The molecule has 50 valence electrons. The Morgan fingerprint density at radius 2 is 2.10 bits per heavy atom. The molecule has 0 spiro atoms. The smallest absolute Gasteiger partial charge is 0.171 e. The molecule has 0 atom stereocenters. The second-order valence-corrected chi connectivity index (χ2v) is 2.89. The number of nitrogens with zero attached hydrogens (tertiary/aromatic N) is 1. The van der Waals surface area contributed by atoms with Crippen LogP contribution in [0.1, 0.15) is 0 Å². The van der Waals surface area contributed by atoms with Crippen molar-refractivity contribution >= 4 is 25.6 Å². The van der Waals surface area contributed by atoms with E-state index in [1.165, 1.54) is 5.46 Å². The van der Waals surface area contributed by atoms with Crippen molar-refractivity contribution < 1.29 is 0 Å². The first-order chi connectivity index (χ1) is 4.70. The molecule has 0 fully saturated rings. The van der Waals surface area contributed by atoms with E-state index < -0.39 is 0 Å². The van der Waals surface area contributed by atoms with E-state index in [9.17, 15) is 0 Å². The molecule has 0 saturated heterocycles. The van der Waals surface area contributed by atoms with Crippen LogP contribution in [0.4, 0.5) is 0 Å². The van der Waals surface area contributed by atoms with E-state index in [1.807, 2.05) is 14.0 Å². The average molecular weight is 131 g/mol. The van der Waals surface area contributed by atoms with E-state index in [2.05, 4.69) is 30.8 Å². The van der Waals surface area contributed by atoms with Gasteiger partial charge < -0.3 is 0 Å². The summed E-state index contributed by atoms with van der Waals surface area (Å²) in [5, 5.41) is 0. The van der Waals surface area contributed by atoms with Crippen molar-refractivity contribution in [3.05, 3.63) is 18.3 Å². The van der Waals surface area contributed by atoms with Crippen molar-refractivity contribution in [2.24, 2.45) is 0 Å². The summed E-state index contributed by atoms with van der Waals surface area (Å²) in [6, 6.07) is 4.18. The quantitative estimate of drug-likeness (QED) is 0.459. The minimum atomic E-state index is 0.591. The lowest BCUT2D eigenvalue weighted by Gasteiger charge is -2.00. The third kappa shape index (κ3) is 1.63. The van der Waals surface area contributed by atoms with Crippen LogP contribution in [-0.4, -0.2) is 19.5 Å². The van der Waals surface area contributed by atoms with Gasteiger partial charge in [0, 0.05) is 6.20 Å². The molecule has 1 aromatic heterocycles. The molecule has 0 aliphatic heterocycles. The van der Waals surface area contributed by atoms with E-state index in [1.54, 1.807) is 0 Å². The summed E-state index contributed by atoms with van der Waals surface area (Å²) < 4.78 is 0. The topological polar surface area (TPSA) is 12.9 Å². The summed E-state index contributed by atoms with van der Waals surface area (Å²) in [6.07, 6.45) is 1.94. The Hall–Kier alpha value is -0.720. The maximum atomic E-state index is 4.20. The van der Waals surface area contributed by atoms with Gasteiger partial charge in [0.15, 0.2) is 14.6 Å². The van der Waals surface area contributed by atoms with Crippen LogP contribution >= 0.6 is 0 Å². The van der Waals surface area contributed by atoms with Crippen molar-refractivity contribution in [3.8, 4) is 0 Å². The lowest BCUT2D eigenvalue weighted by Crippen LogP contribution is -2.25. The normalized spacial score (nSPS) is 9.40. The van der Waals surface area contributed by atoms with Gasteiger partial charge in [0.1, 0.15) is 0 Å². The van der Waals surface area contributed by atoms with Crippen LogP contribution in [0.15, 0.2) is 18.3 Å². The van der Waals surface area contributed by atoms with Gasteiger partial charge in [0.25, 0.3) is 0 Å². The molecule has 0 saturated carbocycles. The monoisotopic (exact) mass is 131 g/mol. The van der Waals surface area contributed by atoms with E-state index >= 15 is 0 Å². The number of rotatable bonds is 1. The molecule has 0 N–H and O–H groups in total. The molecule has 1 aromatic rings. The van der Waals surface area contributed by atoms with E-state index in [4.69, 9.17) is 0 Å². The first-order valence-corrected chi connectivity index (χ1v) is 3.62. The van der Waals surface area contributed by atoms with Crippen LogP contribution in [0, 0.1) is 0 Å². The number of hydrogen-bond donors (Lipinski definition) is 0. The predicted molar refractivity (Wildman–Crippen MR) is 49.5 cm³/mol. The summed E-state index contributed by atoms with van der Waals surface area (Å²) >= 11 is 0. The molecule has 0 bridgehead atoms. The van der Waals surface area contributed by atoms with Crippen molar-refractivity contribution in [3.63, 3.8) is 0 Å². The number of pyridine rings is 1. The standard InChI is InChI=1S/C7H11B2N/c1-9(2)6-3-4-7(8)10-5-6/h3-5H,8H2,1-2H3. The van der Waals surface area contributed by atoms with Gasteiger partial charge in [0.05, 0.1) is 0 Å². The highest BCUT2D eigenvalue weighted by Gasteiger charge is 2.00. The lowest BCUT2D eigenvalue weighted by atomic mass is 9.50. The van der Waals surface area contributed by atoms with Crippen molar-refractivity contribution in [1.29, 1.82) is 0 Å². The van der Waals surface area contributed by atoms with Crippen LogP contribution in [0.5, 0.6) is 0 Å². The Bertz CT molecular complexity index is 205. The summed E-state index contributed by atoms with van der Waals surface area (Å²) in [5.74, 6) is 0. The van der Waals surface area contributed by atoms with Crippen LogP contribution in [-0.2, 0) is 0 Å². The van der Waals surface area contributed by atoms with Crippen molar-refractivity contribution in [2.75, 3.05) is 0 Å². The third-order valence-corrected chi connectivity index (χ3v) is 1.60. The van der Waals surface area contributed by atoms with Gasteiger partial charge in [-0.2, -0.15) is 0 Å². The zero-order valence-corrected chi connectivity index (χ0v) is 6.76. The van der Waals surface area contributed by atoms with Crippen LogP contribution < -0.4 is 11.1 Å². The summed E-state index contributed by atoms with van der Waals surface area (Å²) in [5.41, 5.74) is 2.40. The second-order valence-electron chi connectivity index (χ2n) is 2.89. The SMILES string of the molecule is Bc1ccc(B(C)C)cn1. The van der Waals surface area contributed by atoms with Crippen molar-refractivity contribution in [1.82, 2.24) is 4.98 Å². The Labute approximate surface area is 63.4 Å². The molecule has 0 radical (unpaired) electrons. The van der Waals surface area contributed by atoms with Gasteiger partial charge in [-0.05, 0) is 5.59 Å². The Morgan fingerprint density at radius 1 is 1.40 bits per heavy atom. The highest BCUT2D eigenvalue weighted by Crippen LogP contribution is 1.81. The Balaban J connectivity index is 2.89. The van der Waals surface area contributed by atoms with Crippen molar-refractivity contribution in [2.45, 2.75) is 13.6 Å². The van der Waals surface area contributed by atoms with Crippen LogP contribution in [0.3, 0.4) is 0 Å². The van der Waals surface area contributed by atoms with E-state index in [-0.39, 0.29) is 0 Å². The Kier molecular flexibility index (Phi) is 2.15. The van der Waals surface area contributed by atoms with Gasteiger partial charge in [-0.1, -0.05) is 31.2 Å². The van der Waals surface area contributed by atoms with E-state index in [0.717, 1.165) is 5.59 Å². The largest absolute Gasteiger partial charge is 0.273 e. The van der Waals surface area contributed by atoms with Crippen LogP contribution in [0.2, 0.25) is 13.6 Å². The molecule has 0 aliphatic rings. The average Bonchev–Trinajstić information content (AvgIpc) is 1.88. The second kappa shape index (κ2) is 2.91. The molecule has 3 heteroatoms. The molecule has 1 rings (SSSR count). The van der Waals surface area contributed by atoms with Gasteiger partial charge in [-0.3, -0.25) is 4.98 Å². The molecule has 0 amide bonds. The summed E-state index contributed by atoms with van der Waals surface area (Å²) in [4.78, 5) is 4.20. The fourth-order valence-electron chi connectivity index (χ4n) is 0.821. The zero-order valence-electron chi connectivity index (χ0n) is 6.76. The minimum absolute atomic E-state index is 0.591. The zero-order chi connectivity index (χ0) is 7.56. The molecule has 0 aromatic carbocycles. The molecule has 0 unspecified atom stereocenters. The minimum Gasteiger partial charge on any atom is -0.273 e. The fourth-order valence-corrected chi connectivity index (χ4v) is 0.821. The molecule has 10 heavy (non-hydrogen) atoms. The van der Waals surface area contributed by atoms with Gasteiger partial charge in [-0.15, -0.1) is 0 Å². The van der Waals surface area contributed by atoms with Gasteiger partial charge >= 0.3 is 0 Å². The van der Waals surface area contributed by atoms with Crippen LogP contribution in [0.25, 0.3) is 0 Å². The molecular formula is C7H11B2N. The maximum absolute atomic E-state index is 4.20. The lowest BCUT2D eigenvalue weighted by molar-refractivity contribution is 1.41. The fraction of sp³-hybridized carbons (Fsp3) is 0.286. The maximum Gasteiger partial charge on any atom is 0.171 e.